The zero-order chi connectivity index (χ0) is 13.8. The van der Waals surface area contributed by atoms with Gasteiger partial charge in [-0.15, -0.1) is 0 Å². The highest BCUT2D eigenvalue weighted by Gasteiger charge is 2.17. The second kappa shape index (κ2) is 6.26. The Kier molecular flexibility index (Phi) is 4.66. The van der Waals surface area contributed by atoms with Crippen LogP contribution in [0.25, 0.3) is 0 Å². The number of hydrogen-bond donors (Lipinski definition) is 1. The van der Waals surface area contributed by atoms with E-state index in [4.69, 9.17) is 16.3 Å². The van der Waals surface area contributed by atoms with E-state index in [0.29, 0.717) is 19.7 Å². The van der Waals surface area contributed by atoms with Crippen molar-refractivity contribution in [3.63, 3.8) is 0 Å². The Hall–Kier alpha value is -1.26. The first-order valence-electron chi connectivity index (χ1n) is 6.50. The van der Waals surface area contributed by atoms with Crippen LogP contribution in [0.15, 0.2) is 12.1 Å². The lowest BCUT2D eigenvalue weighted by molar-refractivity contribution is -0.128. The molecule has 0 saturated heterocycles. The van der Waals surface area contributed by atoms with E-state index in [9.17, 15) is 4.79 Å². The second-order valence-electron chi connectivity index (χ2n) is 4.66. The first-order valence-corrected chi connectivity index (χ1v) is 6.88. The van der Waals surface area contributed by atoms with Crippen molar-refractivity contribution in [3.8, 4) is 5.75 Å². The normalized spacial score (nSPS) is 13.0. The Morgan fingerprint density at radius 3 is 3.05 bits per heavy atom. The quantitative estimate of drug-likeness (QED) is 0.896. The molecule has 0 unspecified atom stereocenters. The molecule has 2 rings (SSSR count). The minimum atomic E-state index is 0.0853. The molecule has 1 amide bonds. The predicted octanol–water partition coefficient (Wildman–Crippen LogP) is 1.84. The molecule has 104 valence electrons. The molecule has 1 aromatic rings. The zero-order valence-corrected chi connectivity index (χ0v) is 12.1. The first kappa shape index (κ1) is 14.2. The second-order valence-corrected chi connectivity index (χ2v) is 5.10. The molecule has 1 aliphatic heterocycles. The van der Waals surface area contributed by atoms with Crippen molar-refractivity contribution < 1.29 is 9.53 Å². The molecule has 5 heteroatoms. The highest BCUT2D eigenvalue weighted by Crippen LogP contribution is 2.32. The van der Waals surface area contributed by atoms with E-state index >= 15 is 0 Å². The number of ether oxygens (including phenoxy) is 1. The van der Waals surface area contributed by atoms with Gasteiger partial charge in [0, 0.05) is 37.1 Å². The number of carbonyl (C=O) groups excluding carboxylic acids is 1. The predicted molar refractivity (Wildman–Crippen MR) is 75.7 cm³/mol. The average Bonchev–Trinajstić information content (AvgIpc) is 2.85. The molecular formula is C14H19ClN2O2. The van der Waals surface area contributed by atoms with Gasteiger partial charge in [-0.1, -0.05) is 11.6 Å². The summed E-state index contributed by atoms with van der Waals surface area (Å²) in [5, 5.41) is 3.86. The van der Waals surface area contributed by atoms with Crippen molar-refractivity contribution in [3.05, 3.63) is 28.3 Å². The lowest BCUT2D eigenvalue weighted by Gasteiger charge is -2.15. The number of nitrogens with zero attached hydrogens (tertiary/aromatic N) is 1. The summed E-state index contributed by atoms with van der Waals surface area (Å²) >= 11 is 6.08. The zero-order valence-electron chi connectivity index (χ0n) is 11.3. The number of nitrogens with one attached hydrogen (secondary N) is 1. The molecular weight excluding hydrogens is 264 g/mol. The maximum Gasteiger partial charge on any atom is 0.236 e. The van der Waals surface area contributed by atoms with Crippen LogP contribution in [0, 0.1) is 0 Å². The number of rotatable bonds is 5. The van der Waals surface area contributed by atoms with Crippen LogP contribution in [0.2, 0.25) is 5.02 Å². The van der Waals surface area contributed by atoms with E-state index in [2.05, 4.69) is 5.32 Å². The summed E-state index contributed by atoms with van der Waals surface area (Å²) < 4.78 is 5.62. The minimum Gasteiger partial charge on any atom is -0.493 e. The smallest absolute Gasteiger partial charge is 0.236 e. The van der Waals surface area contributed by atoms with Crippen molar-refractivity contribution in [2.75, 3.05) is 26.7 Å². The summed E-state index contributed by atoms with van der Waals surface area (Å²) in [6.07, 6.45) is 0.903. The van der Waals surface area contributed by atoms with Gasteiger partial charge in [0.1, 0.15) is 5.75 Å². The topological polar surface area (TPSA) is 41.6 Å². The van der Waals surface area contributed by atoms with Gasteiger partial charge in [-0.2, -0.15) is 0 Å². The first-order chi connectivity index (χ1) is 9.11. The van der Waals surface area contributed by atoms with Gasteiger partial charge in [0.15, 0.2) is 0 Å². The van der Waals surface area contributed by atoms with Gasteiger partial charge >= 0.3 is 0 Å². The average molecular weight is 283 g/mol. The molecule has 0 spiro atoms. The molecule has 4 nitrogen and oxygen atoms in total. The number of carbonyl (C=O) groups is 1. The van der Waals surface area contributed by atoms with Gasteiger partial charge in [0.25, 0.3) is 0 Å². The van der Waals surface area contributed by atoms with Crippen molar-refractivity contribution in [2.24, 2.45) is 0 Å². The third kappa shape index (κ3) is 3.39. The lowest BCUT2D eigenvalue weighted by atomic mass is 10.1. The van der Waals surface area contributed by atoms with Gasteiger partial charge in [-0.05, 0) is 24.6 Å². The fourth-order valence-electron chi connectivity index (χ4n) is 2.09. The number of fused-ring (bicyclic) bond motifs is 1. The van der Waals surface area contributed by atoms with Crippen LogP contribution in [0.4, 0.5) is 0 Å². The Morgan fingerprint density at radius 1 is 1.53 bits per heavy atom. The highest BCUT2D eigenvalue weighted by molar-refractivity contribution is 6.30. The van der Waals surface area contributed by atoms with Gasteiger partial charge in [0.05, 0.1) is 13.2 Å². The van der Waals surface area contributed by atoms with Crippen LogP contribution in [-0.2, 0) is 17.8 Å². The third-order valence-corrected chi connectivity index (χ3v) is 3.54. The molecule has 1 aliphatic rings. The van der Waals surface area contributed by atoms with E-state index in [-0.39, 0.29) is 5.91 Å². The van der Waals surface area contributed by atoms with Gasteiger partial charge in [-0.3, -0.25) is 4.79 Å². The fourth-order valence-corrected chi connectivity index (χ4v) is 2.36. The number of halogens is 1. The monoisotopic (exact) mass is 282 g/mol. The van der Waals surface area contributed by atoms with E-state index in [1.165, 1.54) is 0 Å². The Balaban J connectivity index is 1.95. The van der Waals surface area contributed by atoms with Gasteiger partial charge in [0.2, 0.25) is 5.91 Å². The SMILES string of the molecule is CCN(C)C(=O)CNCc1cc(Cl)cc2c1OCC2. The number of benzene rings is 1. The lowest BCUT2D eigenvalue weighted by Crippen LogP contribution is -2.35. The van der Waals surface area contributed by atoms with Crippen molar-refractivity contribution in [1.82, 2.24) is 10.2 Å². The summed E-state index contributed by atoms with van der Waals surface area (Å²) in [5.41, 5.74) is 2.17. The Bertz CT molecular complexity index is 477. The summed E-state index contributed by atoms with van der Waals surface area (Å²) in [5.74, 6) is 1.01. The molecule has 1 aromatic carbocycles. The molecule has 0 bridgehead atoms. The molecule has 0 aliphatic carbocycles. The maximum absolute atomic E-state index is 11.7. The fraction of sp³-hybridized carbons (Fsp3) is 0.500. The summed E-state index contributed by atoms with van der Waals surface area (Å²) in [4.78, 5) is 13.4. The largest absolute Gasteiger partial charge is 0.493 e. The molecule has 0 atom stereocenters. The summed E-state index contributed by atoms with van der Waals surface area (Å²) in [6.45, 7) is 4.30. The summed E-state index contributed by atoms with van der Waals surface area (Å²) in [6, 6.07) is 3.84. The van der Waals surface area contributed by atoms with E-state index < -0.39 is 0 Å². The van der Waals surface area contributed by atoms with Crippen molar-refractivity contribution in [1.29, 1.82) is 0 Å². The summed E-state index contributed by atoms with van der Waals surface area (Å²) in [7, 11) is 1.80. The van der Waals surface area contributed by atoms with Crippen molar-refractivity contribution >= 4 is 17.5 Å². The van der Waals surface area contributed by atoms with Gasteiger partial charge in [-0.25, -0.2) is 0 Å². The molecule has 0 fully saturated rings. The standard InChI is InChI=1S/C14H19ClN2O2/c1-3-17(2)13(18)9-16-8-11-7-12(15)6-10-4-5-19-14(10)11/h6-7,16H,3-5,8-9H2,1-2H3. The van der Waals surface area contributed by atoms with Crippen LogP contribution in [0.1, 0.15) is 18.1 Å². The van der Waals surface area contributed by atoms with E-state index in [0.717, 1.165) is 34.9 Å². The number of amides is 1. The van der Waals surface area contributed by atoms with E-state index in [1.54, 1.807) is 11.9 Å². The molecule has 0 saturated carbocycles. The number of likely N-dealkylation sites (N-methyl/N-ethyl adjacent to an activating group) is 1. The van der Waals surface area contributed by atoms with Crippen LogP contribution in [-0.4, -0.2) is 37.6 Å². The number of hydrogen-bond acceptors (Lipinski definition) is 3. The molecule has 0 aromatic heterocycles. The van der Waals surface area contributed by atoms with Crippen molar-refractivity contribution in [2.45, 2.75) is 19.9 Å². The third-order valence-electron chi connectivity index (χ3n) is 3.32. The molecule has 1 N–H and O–H groups in total. The molecule has 19 heavy (non-hydrogen) atoms. The Morgan fingerprint density at radius 2 is 2.32 bits per heavy atom. The minimum absolute atomic E-state index is 0.0853. The maximum atomic E-state index is 11.7. The van der Waals surface area contributed by atoms with Crippen LogP contribution in [0.3, 0.4) is 0 Å². The Labute approximate surface area is 118 Å². The molecule has 0 radical (unpaired) electrons. The van der Waals surface area contributed by atoms with E-state index in [1.807, 2.05) is 19.1 Å². The van der Waals surface area contributed by atoms with Crippen LogP contribution < -0.4 is 10.1 Å². The molecule has 1 heterocycles. The van der Waals surface area contributed by atoms with Gasteiger partial charge < -0.3 is 15.0 Å². The van der Waals surface area contributed by atoms with Crippen LogP contribution in [0.5, 0.6) is 5.75 Å². The van der Waals surface area contributed by atoms with Crippen LogP contribution >= 0.6 is 11.6 Å². The highest BCUT2D eigenvalue weighted by atomic mass is 35.5.